The second kappa shape index (κ2) is 9.30. The lowest BCUT2D eigenvalue weighted by Gasteiger charge is -2.23. The van der Waals surface area contributed by atoms with Crippen LogP contribution in [0.3, 0.4) is 0 Å². The molecule has 3 atom stereocenters. The number of pyridine rings is 1. The summed E-state index contributed by atoms with van der Waals surface area (Å²) in [5.74, 6) is 1.39. The van der Waals surface area contributed by atoms with Crippen LogP contribution in [0.15, 0.2) is 60.8 Å². The highest BCUT2D eigenvalue weighted by Crippen LogP contribution is 2.34. The van der Waals surface area contributed by atoms with Gasteiger partial charge in [0, 0.05) is 56.1 Å². The molecule has 2 aliphatic rings. The van der Waals surface area contributed by atoms with E-state index in [1.54, 1.807) is 4.68 Å². The third-order valence-corrected chi connectivity index (χ3v) is 8.04. The Morgan fingerprint density at radius 2 is 1.73 bits per heavy atom. The maximum absolute atomic E-state index is 13.6. The average molecular weight is 495 g/mol. The molecule has 2 fully saturated rings. The molecular formula is C30H34N6O. The van der Waals surface area contributed by atoms with Crippen molar-refractivity contribution in [1.82, 2.24) is 25.0 Å². The number of carbonyl (C=O) groups is 1. The lowest BCUT2D eigenvalue weighted by atomic mass is 10.00. The number of anilines is 1. The van der Waals surface area contributed by atoms with Crippen LogP contribution in [0.25, 0.3) is 22.3 Å². The first kappa shape index (κ1) is 23.7. The van der Waals surface area contributed by atoms with Gasteiger partial charge in [-0.2, -0.15) is 5.10 Å². The predicted octanol–water partition coefficient (Wildman–Crippen LogP) is 4.43. The first-order chi connectivity index (χ1) is 17.9. The van der Waals surface area contributed by atoms with E-state index in [2.05, 4.69) is 57.6 Å². The largest absolute Gasteiger partial charge is 0.371 e. The van der Waals surface area contributed by atoms with Crippen LogP contribution in [0.5, 0.6) is 0 Å². The Kier molecular flexibility index (Phi) is 5.95. The molecule has 6 rings (SSSR count). The Morgan fingerprint density at radius 1 is 0.973 bits per heavy atom. The van der Waals surface area contributed by atoms with Crippen LogP contribution in [0.1, 0.15) is 34.5 Å². The highest BCUT2D eigenvalue weighted by molar-refractivity contribution is 5.97. The second-order valence-electron chi connectivity index (χ2n) is 10.8. The molecule has 0 bridgehead atoms. The fraction of sp³-hybridized carbons (Fsp3) is 0.367. The van der Waals surface area contributed by atoms with E-state index in [1.807, 2.05) is 51.4 Å². The molecule has 4 heterocycles. The zero-order chi connectivity index (χ0) is 25.7. The van der Waals surface area contributed by atoms with Crippen molar-refractivity contribution < 1.29 is 4.79 Å². The Bertz CT molecular complexity index is 1460. The third-order valence-electron chi connectivity index (χ3n) is 8.04. The number of benzene rings is 2. The van der Waals surface area contributed by atoms with Gasteiger partial charge >= 0.3 is 0 Å². The number of likely N-dealkylation sites (tertiary alicyclic amines) is 1. The van der Waals surface area contributed by atoms with Crippen LogP contribution >= 0.6 is 0 Å². The fourth-order valence-corrected chi connectivity index (χ4v) is 6.09. The summed E-state index contributed by atoms with van der Waals surface area (Å²) >= 11 is 0. The topological polar surface area (TPSA) is 66.3 Å². The van der Waals surface area contributed by atoms with Crippen LogP contribution in [-0.4, -0.2) is 58.8 Å². The van der Waals surface area contributed by atoms with Crippen molar-refractivity contribution in [2.24, 2.45) is 18.9 Å². The van der Waals surface area contributed by atoms with Crippen molar-refractivity contribution in [2.75, 3.05) is 38.1 Å². The summed E-state index contributed by atoms with van der Waals surface area (Å²) < 4.78 is 1.78. The summed E-state index contributed by atoms with van der Waals surface area (Å²) in [5.41, 5.74) is 6.42. The Hall–Kier alpha value is -3.71. The lowest BCUT2D eigenvalue weighted by molar-refractivity contribution is 0.0939. The number of para-hydroxylation sites is 1. The minimum Gasteiger partial charge on any atom is -0.371 e. The Balaban J connectivity index is 1.27. The van der Waals surface area contributed by atoms with Crippen molar-refractivity contribution in [3.05, 3.63) is 77.5 Å². The highest BCUT2D eigenvalue weighted by Gasteiger charge is 2.38. The molecule has 2 aliphatic heterocycles. The Labute approximate surface area is 218 Å². The average Bonchev–Trinajstić information content (AvgIpc) is 3.58. The summed E-state index contributed by atoms with van der Waals surface area (Å²) in [6.45, 7) is 8.51. The van der Waals surface area contributed by atoms with Gasteiger partial charge in [-0.3, -0.25) is 9.48 Å². The van der Waals surface area contributed by atoms with Crippen molar-refractivity contribution in [1.29, 1.82) is 0 Å². The van der Waals surface area contributed by atoms with Gasteiger partial charge in [-0.1, -0.05) is 24.3 Å². The monoisotopic (exact) mass is 494 g/mol. The van der Waals surface area contributed by atoms with E-state index in [0.717, 1.165) is 82.7 Å². The minimum absolute atomic E-state index is 0.0498. The SMILES string of the molecule is Cc1ccc(N2CC3CN(C)CC3C2)cc1C(=O)N[C@H](C)c1cc(-c2ccn(C)n2)nc2ccccc12. The van der Waals surface area contributed by atoms with E-state index in [1.165, 1.54) is 0 Å². The first-order valence-electron chi connectivity index (χ1n) is 13.1. The zero-order valence-corrected chi connectivity index (χ0v) is 22.0. The van der Waals surface area contributed by atoms with E-state index >= 15 is 0 Å². The zero-order valence-electron chi connectivity index (χ0n) is 22.0. The number of rotatable bonds is 5. The van der Waals surface area contributed by atoms with Crippen LogP contribution in [0.2, 0.25) is 0 Å². The number of aromatic nitrogens is 3. The predicted molar refractivity (Wildman–Crippen MR) is 148 cm³/mol. The van der Waals surface area contributed by atoms with E-state index in [-0.39, 0.29) is 11.9 Å². The van der Waals surface area contributed by atoms with Crippen molar-refractivity contribution in [3.8, 4) is 11.4 Å². The molecule has 1 amide bonds. The van der Waals surface area contributed by atoms with Gasteiger partial charge in [-0.05, 0) is 74.2 Å². The number of nitrogens with one attached hydrogen (secondary N) is 1. The maximum Gasteiger partial charge on any atom is 0.252 e. The number of nitrogens with zero attached hydrogens (tertiary/aromatic N) is 5. The molecule has 2 aromatic carbocycles. The van der Waals surface area contributed by atoms with Gasteiger partial charge in [0.1, 0.15) is 5.69 Å². The van der Waals surface area contributed by atoms with Gasteiger partial charge in [-0.15, -0.1) is 0 Å². The van der Waals surface area contributed by atoms with Gasteiger partial charge in [0.05, 0.1) is 17.3 Å². The third kappa shape index (κ3) is 4.48. The number of fused-ring (bicyclic) bond motifs is 2. The fourth-order valence-electron chi connectivity index (χ4n) is 6.09. The number of aryl methyl sites for hydroxylation is 2. The highest BCUT2D eigenvalue weighted by atomic mass is 16.1. The summed E-state index contributed by atoms with van der Waals surface area (Å²) in [6, 6.07) is 18.2. The molecule has 7 heteroatoms. The molecule has 0 aliphatic carbocycles. The van der Waals surface area contributed by atoms with Crippen molar-refractivity contribution in [2.45, 2.75) is 19.9 Å². The summed E-state index contributed by atoms with van der Waals surface area (Å²) in [6.07, 6.45) is 1.92. The van der Waals surface area contributed by atoms with E-state index in [0.29, 0.717) is 0 Å². The smallest absolute Gasteiger partial charge is 0.252 e. The minimum atomic E-state index is -0.201. The molecule has 0 saturated carbocycles. The van der Waals surface area contributed by atoms with Crippen LogP contribution in [-0.2, 0) is 7.05 Å². The lowest BCUT2D eigenvalue weighted by Crippen LogP contribution is -2.29. The number of hydrogen-bond donors (Lipinski definition) is 1. The molecule has 0 spiro atoms. The summed E-state index contributed by atoms with van der Waals surface area (Å²) in [4.78, 5) is 23.3. The van der Waals surface area contributed by atoms with E-state index in [4.69, 9.17) is 4.98 Å². The van der Waals surface area contributed by atoms with E-state index < -0.39 is 0 Å². The molecule has 4 aromatic rings. The quantitative estimate of drug-likeness (QED) is 0.445. The molecule has 7 nitrogen and oxygen atoms in total. The van der Waals surface area contributed by atoms with Gasteiger partial charge in [-0.25, -0.2) is 4.98 Å². The molecule has 37 heavy (non-hydrogen) atoms. The van der Waals surface area contributed by atoms with Crippen LogP contribution in [0.4, 0.5) is 5.69 Å². The van der Waals surface area contributed by atoms with Gasteiger partial charge < -0.3 is 15.1 Å². The molecule has 0 radical (unpaired) electrons. The first-order valence-corrected chi connectivity index (χ1v) is 13.1. The second-order valence-corrected chi connectivity index (χ2v) is 10.8. The molecular weight excluding hydrogens is 460 g/mol. The van der Waals surface area contributed by atoms with Gasteiger partial charge in [0.2, 0.25) is 0 Å². The van der Waals surface area contributed by atoms with Gasteiger partial charge in [0.25, 0.3) is 5.91 Å². The maximum atomic E-state index is 13.6. The van der Waals surface area contributed by atoms with E-state index in [9.17, 15) is 4.79 Å². The normalized spacial score (nSPS) is 20.4. The molecule has 2 saturated heterocycles. The summed E-state index contributed by atoms with van der Waals surface area (Å²) in [5, 5.41) is 8.85. The van der Waals surface area contributed by atoms with Crippen molar-refractivity contribution in [3.63, 3.8) is 0 Å². The number of carbonyl (C=O) groups excluding carboxylic acids is 1. The van der Waals surface area contributed by atoms with Crippen LogP contribution < -0.4 is 10.2 Å². The van der Waals surface area contributed by atoms with Crippen LogP contribution in [0, 0.1) is 18.8 Å². The Morgan fingerprint density at radius 3 is 2.46 bits per heavy atom. The number of amides is 1. The van der Waals surface area contributed by atoms with Crippen molar-refractivity contribution >= 4 is 22.5 Å². The molecule has 2 unspecified atom stereocenters. The molecule has 190 valence electrons. The van der Waals surface area contributed by atoms with Gasteiger partial charge in [0.15, 0.2) is 0 Å². The molecule has 1 N–H and O–H groups in total. The number of hydrogen-bond acceptors (Lipinski definition) is 5. The molecule has 2 aromatic heterocycles. The standard InChI is InChI=1S/C30H34N6O/c1-19-9-10-23(36-17-21-15-34(3)16-22(21)18-36)13-25(19)30(37)31-20(2)26-14-29(28-11-12-35(4)33-28)32-27-8-6-5-7-24(26)27/h5-14,20-22H,15-18H2,1-4H3,(H,31,37)/t20-,21?,22?/m1/s1. The summed E-state index contributed by atoms with van der Waals surface area (Å²) in [7, 11) is 4.11.